The third-order valence-electron chi connectivity index (χ3n) is 7.60. The van der Waals surface area contributed by atoms with Crippen molar-refractivity contribution in [3.05, 3.63) is 70.4 Å². The van der Waals surface area contributed by atoms with Crippen molar-refractivity contribution in [2.24, 2.45) is 5.73 Å². The maximum atomic E-state index is 10.3. The maximum absolute atomic E-state index is 10.3. The maximum Gasteiger partial charge on any atom is 0.128 e. The molecule has 186 valence electrons. The van der Waals surface area contributed by atoms with Gasteiger partial charge in [0.25, 0.3) is 0 Å². The van der Waals surface area contributed by atoms with Crippen LogP contribution in [0.1, 0.15) is 58.6 Å². The topological polar surface area (TPSA) is 77.8 Å². The fourth-order valence-electron chi connectivity index (χ4n) is 5.35. The number of unbranched alkanes of at least 4 members (excludes halogenated alkanes) is 1. The molecule has 1 unspecified atom stereocenters. The molecule has 1 aromatic rings. The van der Waals surface area contributed by atoms with E-state index in [0.29, 0.717) is 13.0 Å². The molecule has 1 saturated heterocycles. The van der Waals surface area contributed by atoms with Gasteiger partial charge in [0, 0.05) is 56.6 Å². The van der Waals surface area contributed by atoms with Crippen LogP contribution in [0.15, 0.2) is 64.7 Å². The molecule has 1 aliphatic carbocycles. The molecule has 4 N–H and O–H groups in total. The summed E-state index contributed by atoms with van der Waals surface area (Å²) in [4.78, 5) is 8.54. The fourth-order valence-corrected chi connectivity index (χ4v) is 5.35. The zero-order valence-corrected chi connectivity index (χ0v) is 21.1. The van der Waals surface area contributed by atoms with Gasteiger partial charge in [-0.25, -0.2) is 0 Å². The standard InChI is InChI=1S/C28H42N4O2/c1-4-5-8-23-22(24-19-21(33)11-12-26(24)34-20-25(23)29)9-7-14-31-15-17-32(18-16-31)28(2,3)27-10-6-13-30-27/h6,9-13,21,30,33H,4-5,7-8,14-20,29H2,1-3H3/b22-9+. The minimum atomic E-state index is -0.464. The smallest absolute Gasteiger partial charge is 0.128 e. The molecular formula is C28H42N4O2. The lowest BCUT2D eigenvalue weighted by atomic mass is 9.86. The molecule has 1 atom stereocenters. The number of H-pyrrole nitrogens is 1. The van der Waals surface area contributed by atoms with Crippen LogP contribution in [-0.4, -0.2) is 65.3 Å². The van der Waals surface area contributed by atoms with Gasteiger partial charge in [0.1, 0.15) is 12.4 Å². The number of hydrogen-bond donors (Lipinski definition) is 3. The SMILES string of the molecule is CCCCC1=C(N)COC2=C(CC(O)C=C2)/C1=C/CCN1CCN(C(C)(C)c2ccc[nH]2)CC1. The second-order valence-electron chi connectivity index (χ2n) is 10.2. The summed E-state index contributed by atoms with van der Waals surface area (Å²) in [5, 5.41) is 10.3. The van der Waals surface area contributed by atoms with E-state index in [-0.39, 0.29) is 5.54 Å². The Labute approximate surface area is 204 Å². The molecule has 6 heteroatoms. The predicted octanol–water partition coefficient (Wildman–Crippen LogP) is 4.19. The van der Waals surface area contributed by atoms with Crippen LogP contribution in [0.2, 0.25) is 0 Å². The summed E-state index contributed by atoms with van der Waals surface area (Å²) < 4.78 is 6.02. The van der Waals surface area contributed by atoms with E-state index in [1.54, 1.807) is 0 Å². The molecule has 6 nitrogen and oxygen atoms in total. The van der Waals surface area contributed by atoms with Gasteiger partial charge < -0.3 is 25.5 Å². The predicted molar refractivity (Wildman–Crippen MR) is 138 cm³/mol. The van der Waals surface area contributed by atoms with Crippen molar-refractivity contribution in [2.75, 3.05) is 39.3 Å². The lowest BCUT2D eigenvalue weighted by molar-refractivity contribution is 0.0491. The number of aromatic amines is 1. The number of piperazine rings is 1. The molecule has 0 aromatic carbocycles. The second-order valence-corrected chi connectivity index (χ2v) is 10.2. The van der Waals surface area contributed by atoms with Crippen LogP contribution in [-0.2, 0) is 10.3 Å². The normalized spacial score (nSPS) is 23.9. The van der Waals surface area contributed by atoms with Gasteiger partial charge in [-0.05, 0) is 62.5 Å². The Balaban J connectivity index is 1.42. The summed E-state index contributed by atoms with van der Waals surface area (Å²) in [5.41, 5.74) is 12.1. The summed E-state index contributed by atoms with van der Waals surface area (Å²) in [5.74, 6) is 0.867. The van der Waals surface area contributed by atoms with Crippen LogP contribution >= 0.6 is 0 Å². The first-order valence-corrected chi connectivity index (χ1v) is 12.9. The molecule has 0 bridgehead atoms. The molecule has 0 radical (unpaired) electrons. The van der Waals surface area contributed by atoms with Gasteiger partial charge in [0.05, 0.1) is 17.3 Å². The second kappa shape index (κ2) is 11.0. The van der Waals surface area contributed by atoms with Crippen molar-refractivity contribution < 1.29 is 9.84 Å². The van der Waals surface area contributed by atoms with Gasteiger partial charge >= 0.3 is 0 Å². The van der Waals surface area contributed by atoms with Crippen molar-refractivity contribution in [2.45, 2.75) is 64.5 Å². The number of aliphatic hydroxyl groups excluding tert-OH is 1. The first-order valence-electron chi connectivity index (χ1n) is 12.9. The van der Waals surface area contributed by atoms with Gasteiger partial charge in [-0.15, -0.1) is 0 Å². The van der Waals surface area contributed by atoms with E-state index in [1.807, 2.05) is 18.3 Å². The highest BCUT2D eigenvalue weighted by atomic mass is 16.5. The lowest BCUT2D eigenvalue weighted by Crippen LogP contribution is -2.53. The van der Waals surface area contributed by atoms with Crippen LogP contribution in [0.4, 0.5) is 0 Å². The Kier molecular flexibility index (Phi) is 8.02. The van der Waals surface area contributed by atoms with Gasteiger partial charge in [-0.3, -0.25) is 4.90 Å². The minimum Gasteiger partial charge on any atom is -0.487 e. The van der Waals surface area contributed by atoms with Crippen LogP contribution in [0.3, 0.4) is 0 Å². The fraction of sp³-hybridized carbons (Fsp3) is 0.571. The summed E-state index contributed by atoms with van der Waals surface area (Å²) in [6.07, 6.45) is 12.4. The molecule has 34 heavy (non-hydrogen) atoms. The van der Waals surface area contributed by atoms with Crippen LogP contribution in [0.5, 0.6) is 0 Å². The first kappa shape index (κ1) is 24.8. The van der Waals surface area contributed by atoms with E-state index in [2.05, 4.69) is 53.8 Å². The number of nitrogens with one attached hydrogen (secondary N) is 1. The number of rotatable bonds is 8. The average Bonchev–Trinajstić information content (AvgIpc) is 3.35. The van der Waals surface area contributed by atoms with E-state index in [0.717, 1.165) is 75.4 Å². The monoisotopic (exact) mass is 466 g/mol. The van der Waals surface area contributed by atoms with E-state index in [4.69, 9.17) is 10.5 Å². The van der Waals surface area contributed by atoms with E-state index >= 15 is 0 Å². The van der Waals surface area contributed by atoms with Crippen molar-refractivity contribution >= 4 is 0 Å². The highest BCUT2D eigenvalue weighted by Gasteiger charge is 2.32. The van der Waals surface area contributed by atoms with Crippen molar-refractivity contribution in [3.8, 4) is 0 Å². The number of allylic oxidation sites excluding steroid dienone is 3. The third-order valence-corrected chi connectivity index (χ3v) is 7.60. The Hall–Kier alpha value is -2.28. The molecule has 0 spiro atoms. The van der Waals surface area contributed by atoms with Crippen LogP contribution < -0.4 is 5.73 Å². The largest absolute Gasteiger partial charge is 0.487 e. The molecule has 1 fully saturated rings. The average molecular weight is 467 g/mol. The third kappa shape index (κ3) is 5.51. The summed E-state index contributed by atoms with van der Waals surface area (Å²) in [6, 6.07) is 4.27. The molecule has 4 rings (SSSR count). The molecule has 0 amide bonds. The molecular weight excluding hydrogens is 424 g/mol. The highest BCUT2D eigenvalue weighted by Crippen LogP contribution is 2.36. The Morgan fingerprint density at radius 2 is 2.06 bits per heavy atom. The lowest BCUT2D eigenvalue weighted by Gasteiger charge is -2.43. The molecule has 2 aliphatic heterocycles. The highest BCUT2D eigenvalue weighted by molar-refractivity contribution is 5.54. The van der Waals surface area contributed by atoms with Gasteiger partial charge in [-0.2, -0.15) is 0 Å². The van der Waals surface area contributed by atoms with Crippen LogP contribution in [0, 0.1) is 0 Å². The number of ether oxygens (including phenoxy) is 1. The van der Waals surface area contributed by atoms with Crippen molar-refractivity contribution in [1.29, 1.82) is 0 Å². The number of nitrogens with zero attached hydrogens (tertiary/aromatic N) is 2. The summed E-state index contributed by atoms with van der Waals surface area (Å²) in [6.45, 7) is 12.6. The molecule has 3 aliphatic rings. The van der Waals surface area contributed by atoms with E-state index < -0.39 is 6.10 Å². The summed E-state index contributed by atoms with van der Waals surface area (Å²) in [7, 11) is 0. The van der Waals surface area contributed by atoms with Gasteiger partial charge in [-0.1, -0.05) is 25.5 Å². The van der Waals surface area contributed by atoms with Crippen LogP contribution in [0.25, 0.3) is 0 Å². The van der Waals surface area contributed by atoms with Crippen molar-refractivity contribution in [3.63, 3.8) is 0 Å². The number of aromatic nitrogens is 1. The Morgan fingerprint density at radius 1 is 1.26 bits per heavy atom. The first-order chi connectivity index (χ1) is 16.4. The summed E-state index contributed by atoms with van der Waals surface area (Å²) >= 11 is 0. The van der Waals surface area contributed by atoms with Crippen molar-refractivity contribution in [1.82, 2.24) is 14.8 Å². The zero-order chi connectivity index (χ0) is 24.1. The minimum absolute atomic E-state index is 0.0205. The number of aliphatic hydroxyl groups is 1. The Morgan fingerprint density at radius 3 is 2.76 bits per heavy atom. The molecule has 1 aromatic heterocycles. The van der Waals surface area contributed by atoms with Gasteiger partial charge in [0.15, 0.2) is 0 Å². The molecule has 3 heterocycles. The van der Waals surface area contributed by atoms with Gasteiger partial charge in [0.2, 0.25) is 0 Å². The Bertz CT molecular complexity index is 947. The number of nitrogens with two attached hydrogens (primary N) is 1. The number of hydrogen-bond acceptors (Lipinski definition) is 5. The zero-order valence-electron chi connectivity index (χ0n) is 21.1. The van der Waals surface area contributed by atoms with E-state index in [1.165, 1.54) is 16.8 Å². The van der Waals surface area contributed by atoms with E-state index in [9.17, 15) is 5.11 Å². The molecule has 0 saturated carbocycles. The quantitative estimate of drug-likeness (QED) is 0.535.